The van der Waals surface area contributed by atoms with Crippen molar-refractivity contribution in [2.24, 2.45) is 5.41 Å². The molecule has 40 heavy (non-hydrogen) atoms. The van der Waals surface area contributed by atoms with E-state index in [1.165, 1.54) is 11.1 Å². The first kappa shape index (κ1) is 27.9. The number of hydrogen-bond acceptors (Lipinski definition) is 5. The molecule has 0 radical (unpaired) electrons. The van der Waals surface area contributed by atoms with Gasteiger partial charge in [-0.05, 0) is 84.3 Å². The van der Waals surface area contributed by atoms with Crippen molar-refractivity contribution in [3.05, 3.63) is 88.8 Å². The van der Waals surface area contributed by atoms with Crippen LogP contribution in [0.2, 0.25) is 0 Å². The van der Waals surface area contributed by atoms with Gasteiger partial charge in [-0.3, -0.25) is 0 Å². The molecule has 0 spiro atoms. The first-order valence-corrected chi connectivity index (χ1v) is 14.3. The monoisotopic (exact) mass is 539 g/mol. The van der Waals surface area contributed by atoms with E-state index in [0.29, 0.717) is 23.6 Å². The van der Waals surface area contributed by atoms with Gasteiger partial charge in [0.1, 0.15) is 11.5 Å². The van der Waals surface area contributed by atoms with Gasteiger partial charge in [-0.1, -0.05) is 44.5 Å². The molecular formula is C34H37NO5. The van der Waals surface area contributed by atoms with E-state index in [1.807, 2.05) is 24.3 Å². The molecule has 0 bridgehead atoms. The van der Waals surface area contributed by atoms with Gasteiger partial charge in [0.25, 0.3) is 0 Å². The van der Waals surface area contributed by atoms with E-state index < -0.39 is 5.97 Å². The predicted octanol–water partition coefficient (Wildman–Crippen LogP) is 7.97. The van der Waals surface area contributed by atoms with Crippen LogP contribution in [0.4, 0.5) is 5.69 Å². The maximum atomic E-state index is 12.8. The molecule has 1 unspecified atom stereocenters. The lowest BCUT2D eigenvalue weighted by Gasteiger charge is -2.40. The number of unbranched alkanes of at least 4 members (excludes halogenated alkanes) is 3. The fourth-order valence-corrected chi connectivity index (χ4v) is 5.37. The summed E-state index contributed by atoms with van der Waals surface area (Å²) in [5.74, 6) is 1.05. The number of carbonyl (C=O) groups excluding carboxylic acids is 1. The number of carbonyl (C=O) groups is 1. The van der Waals surface area contributed by atoms with E-state index in [2.05, 4.69) is 30.8 Å². The fraction of sp³-hybridized carbons (Fsp3) is 0.412. The highest BCUT2D eigenvalue weighted by Crippen LogP contribution is 2.46. The normalized spacial score (nSPS) is 16.4. The minimum absolute atomic E-state index is 0.151. The summed E-state index contributed by atoms with van der Waals surface area (Å²) in [4.78, 5) is 16.2. The number of fused-ring (bicyclic) bond motifs is 3. The molecule has 1 fully saturated rings. The molecule has 1 aliphatic heterocycles. The van der Waals surface area contributed by atoms with E-state index >= 15 is 0 Å². The third-order valence-electron chi connectivity index (χ3n) is 8.14. The largest absolute Gasteiger partial charge is 0.494 e. The Morgan fingerprint density at radius 2 is 1.60 bits per heavy atom. The Hall–Kier alpha value is -3.66. The number of hydrogen-bond donors (Lipinski definition) is 0. The second kappa shape index (κ2) is 12.7. The van der Waals surface area contributed by atoms with E-state index in [-0.39, 0.29) is 11.3 Å². The molecular weight excluding hydrogens is 502 g/mol. The molecule has 5 rings (SSSR count). The van der Waals surface area contributed by atoms with Crippen LogP contribution in [0.3, 0.4) is 0 Å². The van der Waals surface area contributed by atoms with Crippen molar-refractivity contribution in [3.8, 4) is 22.6 Å². The highest BCUT2D eigenvalue weighted by Gasteiger charge is 2.36. The van der Waals surface area contributed by atoms with Gasteiger partial charge in [-0.15, -0.1) is 0 Å². The molecule has 1 saturated heterocycles. The summed E-state index contributed by atoms with van der Waals surface area (Å²) in [6, 6.07) is 18.6. The van der Waals surface area contributed by atoms with E-state index in [9.17, 15) is 4.79 Å². The van der Waals surface area contributed by atoms with Crippen LogP contribution in [0.1, 0.15) is 73.4 Å². The fourth-order valence-electron chi connectivity index (χ4n) is 5.37. The molecule has 6 nitrogen and oxygen atoms in total. The van der Waals surface area contributed by atoms with Gasteiger partial charge in [0.15, 0.2) is 5.69 Å². The van der Waals surface area contributed by atoms with E-state index in [4.69, 9.17) is 25.5 Å². The molecule has 2 aliphatic rings. The number of benzene rings is 3. The van der Waals surface area contributed by atoms with Crippen LogP contribution in [0.25, 0.3) is 16.0 Å². The molecule has 1 aliphatic carbocycles. The topological polar surface area (TPSA) is 58.4 Å². The molecule has 0 saturated carbocycles. The summed E-state index contributed by atoms with van der Waals surface area (Å²) in [6.07, 6.45) is 5.49. The molecule has 1 atom stereocenters. The van der Waals surface area contributed by atoms with Crippen molar-refractivity contribution < 1.29 is 23.7 Å². The molecule has 208 valence electrons. The summed E-state index contributed by atoms with van der Waals surface area (Å²) < 4.78 is 22.9. The SMILES string of the molecule is [C-]#[N+]c1ccc(OC(=O)c2ccc3c(c2)C(C)c2cc(OCCCCCCOCC4(CC)COC4)ccc2-3)cc1. The van der Waals surface area contributed by atoms with E-state index in [1.54, 1.807) is 24.3 Å². The third-order valence-corrected chi connectivity index (χ3v) is 8.14. The summed E-state index contributed by atoms with van der Waals surface area (Å²) >= 11 is 0. The van der Waals surface area contributed by atoms with Gasteiger partial charge >= 0.3 is 5.97 Å². The first-order valence-electron chi connectivity index (χ1n) is 14.3. The molecule has 6 heteroatoms. The van der Waals surface area contributed by atoms with Crippen molar-refractivity contribution >= 4 is 11.7 Å². The van der Waals surface area contributed by atoms with Crippen LogP contribution in [-0.4, -0.2) is 39.0 Å². The quantitative estimate of drug-likeness (QED) is 0.0954. The third kappa shape index (κ3) is 6.22. The number of nitrogens with zero attached hydrogens (tertiary/aromatic N) is 1. The Balaban J connectivity index is 1.08. The standard InChI is InChI=1S/C34H37NO5/c1-4-34(22-38-23-34)21-37-17-7-5-6-8-18-39-28-14-16-30-29-15-9-25(19-31(29)24(2)32(30)20-28)33(36)40-27-12-10-26(35-3)11-13-27/h9-16,19-20,24H,4-8,17-18,21-23H2,1-2H3. The molecule has 0 N–H and O–H groups in total. The van der Waals surface area contributed by atoms with Crippen LogP contribution < -0.4 is 9.47 Å². The zero-order valence-corrected chi connectivity index (χ0v) is 23.4. The Kier molecular flexibility index (Phi) is 8.84. The maximum Gasteiger partial charge on any atom is 0.343 e. The minimum Gasteiger partial charge on any atom is -0.494 e. The van der Waals surface area contributed by atoms with Gasteiger partial charge in [0, 0.05) is 17.9 Å². The van der Waals surface area contributed by atoms with Gasteiger partial charge in [0.05, 0.1) is 38.6 Å². The van der Waals surface area contributed by atoms with Crippen LogP contribution in [0, 0.1) is 12.0 Å². The zero-order valence-electron chi connectivity index (χ0n) is 23.4. The molecule has 1 heterocycles. The Morgan fingerprint density at radius 1 is 0.925 bits per heavy atom. The Labute approximate surface area is 237 Å². The lowest BCUT2D eigenvalue weighted by Crippen LogP contribution is -2.45. The summed E-state index contributed by atoms with van der Waals surface area (Å²) in [7, 11) is 0. The van der Waals surface area contributed by atoms with Crippen LogP contribution in [0.15, 0.2) is 60.7 Å². The number of esters is 1. The summed E-state index contributed by atoms with van der Waals surface area (Å²) in [6.45, 7) is 15.4. The minimum atomic E-state index is -0.407. The van der Waals surface area contributed by atoms with Crippen LogP contribution >= 0.6 is 0 Å². The van der Waals surface area contributed by atoms with Crippen LogP contribution in [-0.2, 0) is 9.47 Å². The average molecular weight is 540 g/mol. The van der Waals surface area contributed by atoms with E-state index in [0.717, 1.165) is 75.4 Å². The van der Waals surface area contributed by atoms with Crippen molar-refractivity contribution in [2.45, 2.75) is 51.9 Å². The predicted molar refractivity (Wildman–Crippen MR) is 155 cm³/mol. The van der Waals surface area contributed by atoms with Crippen molar-refractivity contribution in [1.29, 1.82) is 0 Å². The highest BCUT2D eigenvalue weighted by atomic mass is 16.5. The van der Waals surface area contributed by atoms with Crippen LogP contribution in [0.5, 0.6) is 11.5 Å². The Bertz CT molecular complexity index is 1360. The first-order chi connectivity index (χ1) is 19.5. The van der Waals surface area contributed by atoms with Gasteiger partial charge < -0.3 is 18.9 Å². The molecule has 3 aromatic carbocycles. The van der Waals surface area contributed by atoms with Gasteiger partial charge in [-0.2, -0.15) is 0 Å². The average Bonchev–Trinajstić information content (AvgIpc) is 3.24. The van der Waals surface area contributed by atoms with Crippen molar-refractivity contribution in [2.75, 3.05) is 33.0 Å². The molecule has 3 aromatic rings. The molecule has 0 aromatic heterocycles. The second-order valence-electron chi connectivity index (χ2n) is 10.9. The lowest BCUT2D eigenvalue weighted by molar-refractivity contribution is -0.150. The van der Waals surface area contributed by atoms with Gasteiger partial charge in [0.2, 0.25) is 0 Å². The van der Waals surface area contributed by atoms with Crippen molar-refractivity contribution in [1.82, 2.24) is 0 Å². The van der Waals surface area contributed by atoms with Crippen molar-refractivity contribution in [3.63, 3.8) is 0 Å². The second-order valence-corrected chi connectivity index (χ2v) is 10.9. The van der Waals surface area contributed by atoms with Gasteiger partial charge in [-0.25, -0.2) is 9.64 Å². The number of rotatable bonds is 13. The summed E-state index contributed by atoms with van der Waals surface area (Å²) in [5.41, 5.74) is 5.94. The smallest absolute Gasteiger partial charge is 0.343 e. The lowest BCUT2D eigenvalue weighted by atomic mass is 9.84. The Morgan fingerprint density at radius 3 is 2.27 bits per heavy atom. The zero-order chi connectivity index (χ0) is 28.0. The highest BCUT2D eigenvalue weighted by molar-refractivity contribution is 5.93. The maximum absolute atomic E-state index is 12.8. The molecule has 0 amide bonds. The summed E-state index contributed by atoms with van der Waals surface area (Å²) in [5, 5.41) is 0. The number of ether oxygens (including phenoxy) is 4.